The molecule has 0 saturated heterocycles. The monoisotopic (exact) mass is 934 g/mol. The lowest BCUT2D eigenvalue weighted by atomic mass is 9.83. The van der Waals surface area contributed by atoms with Crippen molar-refractivity contribution in [2.75, 3.05) is 0 Å². The summed E-state index contributed by atoms with van der Waals surface area (Å²) in [5, 5.41) is 20.1. The van der Waals surface area contributed by atoms with E-state index < -0.39 is 0 Å². The van der Waals surface area contributed by atoms with Gasteiger partial charge in [-0.25, -0.2) is 0 Å². The van der Waals surface area contributed by atoms with Gasteiger partial charge in [-0.1, -0.05) is 267 Å². The zero-order valence-electron chi connectivity index (χ0n) is 40.6. The Morgan fingerprint density at radius 3 is 0.784 bits per heavy atom. The summed E-state index contributed by atoms with van der Waals surface area (Å²) in [6.45, 7) is 0. The Hall–Kier alpha value is -9.62. The van der Waals surface area contributed by atoms with Crippen LogP contribution in [0.2, 0.25) is 0 Å². The first-order valence-corrected chi connectivity index (χ1v) is 25.7. The van der Waals surface area contributed by atoms with Crippen LogP contribution in [-0.2, 0) is 0 Å². The molecule has 0 spiro atoms. The molecule has 15 rings (SSSR count). The largest absolute Gasteiger partial charge is 0.0616 e. The fourth-order valence-corrected chi connectivity index (χ4v) is 12.5. The topological polar surface area (TPSA) is 0 Å². The fourth-order valence-electron chi connectivity index (χ4n) is 12.5. The predicted octanol–water partition coefficient (Wildman–Crippen LogP) is 20.9. The number of hydrogen-bond acceptors (Lipinski definition) is 0. The molecule has 74 heavy (non-hydrogen) atoms. The highest BCUT2D eigenvalue weighted by Gasteiger charge is 2.21. The first-order valence-electron chi connectivity index (χ1n) is 25.7. The Morgan fingerprint density at radius 2 is 0.392 bits per heavy atom. The molecule has 0 amide bonds. The van der Waals surface area contributed by atoms with E-state index in [4.69, 9.17) is 0 Å². The summed E-state index contributed by atoms with van der Waals surface area (Å²) in [6, 6.07) is 104. The van der Waals surface area contributed by atoms with E-state index in [2.05, 4.69) is 279 Å². The molecule has 0 aliphatic heterocycles. The van der Waals surface area contributed by atoms with E-state index in [1.807, 2.05) is 0 Å². The highest BCUT2D eigenvalue weighted by Crippen LogP contribution is 2.48. The van der Waals surface area contributed by atoms with E-state index in [1.165, 1.54) is 153 Å². The fraction of sp³-hybridized carbons (Fsp3) is 0. The van der Waals surface area contributed by atoms with E-state index in [9.17, 15) is 0 Å². The summed E-state index contributed by atoms with van der Waals surface area (Å²) in [6.07, 6.45) is 0. The van der Waals surface area contributed by atoms with Crippen LogP contribution < -0.4 is 0 Å². The summed E-state index contributed by atoms with van der Waals surface area (Å²) in [4.78, 5) is 0. The quantitative estimate of drug-likeness (QED) is 0.146. The van der Waals surface area contributed by atoms with Crippen molar-refractivity contribution >= 4 is 86.2 Å². The standard InChI is InChI=1S/C74H46/c1-3-23-56-47(17-1)19-13-34-60(56)72-65-27-7-5-25-63(65)71(64-26-6-8-28-66(64)72)50-39-37-49(38-40-50)55-33-15-21-53-45-51(41-43-58(53)55)52-42-44-59-54(46-52)22-16-36-62(59)74-69-31-11-9-29-67(69)73(68-30-10-12-32-70(68)74)61-35-14-20-48-18-2-4-24-57(48)61/h1-46H. The average Bonchev–Trinajstić information content (AvgIpc) is 3.48. The lowest BCUT2D eigenvalue weighted by molar-refractivity contribution is 1.63. The summed E-state index contributed by atoms with van der Waals surface area (Å²) in [5.74, 6) is 0. The van der Waals surface area contributed by atoms with Crippen molar-refractivity contribution < 1.29 is 0 Å². The van der Waals surface area contributed by atoms with Crippen molar-refractivity contribution in [3.63, 3.8) is 0 Å². The van der Waals surface area contributed by atoms with Crippen LogP contribution in [0.25, 0.3) is 153 Å². The molecule has 0 nitrogen and oxygen atoms in total. The van der Waals surface area contributed by atoms with E-state index in [0.29, 0.717) is 0 Å². The normalized spacial score (nSPS) is 11.8. The highest BCUT2D eigenvalue weighted by molar-refractivity contribution is 6.26. The minimum atomic E-state index is 1.21. The third kappa shape index (κ3) is 6.62. The Labute approximate surface area is 429 Å². The van der Waals surface area contributed by atoms with Crippen LogP contribution in [-0.4, -0.2) is 0 Å². The van der Waals surface area contributed by atoms with Crippen molar-refractivity contribution in [2.45, 2.75) is 0 Å². The lowest BCUT2D eigenvalue weighted by Gasteiger charge is -2.20. The van der Waals surface area contributed by atoms with Crippen molar-refractivity contribution in [3.8, 4) is 66.8 Å². The molecule has 0 saturated carbocycles. The average molecular weight is 935 g/mol. The van der Waals surface area contributed by atoms with Crippen LogP contribution in [0.4, 0.5) is 0 Å². The van der Waals surface area contributed by atoms with Gasteiger partial charge in [-0.3, -0.25) is 0 Å². The minimum absolute atomic E-state index is 1.21. The van der Waals surface area contributed by atoms with Gasteiger partial charge in [0.25, 0.3) is 0 Å². The third-order valence-electron chi connectivity index (χ3n) is 15.8. The van der Waals surface area contributed by atoms with Gasteiger partial charge in [-0.15, -0.1) is 0 Å². The number of benzene rings is 15. The molecule has 0 aliphatic rings. The molecule has 0 aliphatic carbocycles. The molecule has 0 heterocycles. The Bertz CT molecular complexity index is 4640. The molecule has 342 valence electrons. The van der Waals surface area contributed by atoms with Crippen LogP contribution in [0.3, 0.4) is 0 Å². The molecule has 0 atom stereocenters. The van der Waals surface area contributed by atoms with Gasteiger partial charge in [-0.05, 0) is 165 Å². The molecule has 0 heteroatoms. The first-order chi connectivity index (χ1) is 36.7. The molecule has 0 fully saturated rings. The van der Waals surface area contributed by atoms with E-state index in [1.54, 1.807) is 0 Å². The maximum atomic E-state index is 2.37. The third-order valence-corrected chi connectivity index (χ3v) is 15.8. The van der Waals surface area contributed by atoms with Gasteiger partial charge in [0.05, 0.1) is 0 Å². The molecule has 0 aromatic heterocycles. The van der Waals surface area contributed by atoms with Gasteiger partial charge < -0.3 is 0 Å². The van der Waals surface area contributed by atoms with Gasteiger partial charge in [0, 0.05) is 0 Å². The Balaban J connectivity index is 0.802. The summed E-state index contributed by atoms with van der Waals surface area (Å²) >= 11 is 0. The van der Waals surface area contributed by atoms with Crippen LogP contribution in [0.15, 0.2) is 279 Å². The minimum Gasteiger partial charge on any atom is -0.0616 e. The van der Waals surface area contributed by atoms with Crippen LogP contribution in [0.1, 0.15) is 0 Å². The lowest BCUT2D eigenvalue weighted by Crippen LogP contribution is -1.92. The second kappa shape index (κ2) is 17.0. The number of rotatable bonds is 6. The first kappa shape index (κ1) is 42.1. The van der Waals surface area contributed by atoms with E-state index in [-0.39, 0.29) is 0 Å². The summed E-state index contributed by atoms with van der Waals surface area (Å²) in [5.41, 5.74) is 15.0. The van der Waals surface area contributed by atoms with Crippen LogP contribution >= 0.6 is 0 Å². The molecule has 0 unspecified atom stereocenters. The molecule has 0 N–H and O–H groups in total. The smallest absolute Gasteiger partial charge is 0.00201 e. The molecule has 0 bridgehead atoms. The molecular weight excluding hydrogens is 889 g/mol. The van der Waals surface area contributed by atoms with Crippen LogP contribution in [0.5, 0.6) is 0 Å². The van der Waals surface area contributed by atoms with Crippen molar-refractivity contribution in [2.24, 2.45) is 0 Å². The van der Waals surface area contributed by atoms with Gasteiger partial charge >= 0.3 is 0 Å². The molecule has 0 radical (unpaired) electrons. The van der Waals surface area contributed by atoms with Gasteiger partial charge in [0.15, 0.2) is 0 Å². The van der Waals surface area contributed by atoms with Gasteiger partial charge in [0.2, 0.25) is 0 Å². The Kier molecular flexibility index (Phi) is 9.68. The highest BCUT2D eigenvalue weighted by atomic mass is 14.2. The maximum absolute atomic E-state index is 2.37. The van der Waals surface area contributed by atoms with Crippen LogP contribution in [0, 0.1) is 0 Å². The zero-order chi connectivity index (χ0) is 48.7. The Morgan fingerprint density at radius 1 is 0.135 bits per heavy atom. The second-order valence-corrected chi connectivity index (χ2v) is 19.8. The SMILES string of the molecule is c1cc(-c2ccc(-c3c4ccccc4c(-c4cccc5ccccc45)c4ccccc34)cc2)c2ccc(-c3ccc4c(-c5c6ccccc6c(-c6cccc7ccccc67)c6ccccc56)cccc4c3)cc2c1. The molecule has 15 aromatic rings. The number of hydrogen-bond donors (Lipinski definition) is 0. The van der Waals surface area contributed by atoms with Crippen molar-refractivity contribution in [1.82, 2.24) is 0 Å². The summed E-state index contributed by atoms with van der Waals surface area (Å²) in [7, 11) is 0. The van der Waals surface area contributed by atoms with Crippen molar-refractivity contribution in [1.29, 1.82) is 0 Å². The van der Waals surface area contributed by atoms with E-state index >= 15 is 0 Å². The molecular formula is C74H46. The van der Waals surface area contributed by atoms with E-state index in [0.717, 1.165) is 0 Å². The summed E-state index contributed by atoms with van der Waals surface area (Å²) < 4.78 is 0. The molecule has 15 aromatic carbocycles. The predicted molar refractivity (Wildman–Crippen MR) is 319 cm³/mol. The van der Waals surface area contributed by atoms with Gasteiger partial charge in [-0.2, -0.15) is 0 Å². The van der Waals surface area contributed by atoms with Gasteiger partial charge in [0.1, 0.15) is 0 Å². The number of fused-ring (bicyclic) bond motifs is 8. The maximum Gasteiger partial charge on any atom is -0.00201 e. The zero-order valence-corrected chi connectivity index (χ0v) is 40.6. The van der Waals surface area contributed by atoms with Crippen molar-refractivity contribution in [3.05, 3.63) is 279 Å². The second-order valence-electron chi connectivity index (χ2n) is 19.8.